The molecule has 1 atom stereocenters. The topological polar surface area (TPSA) is 49.4 Å². The van der Waals surface area contributed by atoms with E-state index in [0.29, 0.717) is 15.8 Å². The lowest BCUT2D eigenvalue weighted by atomic mass is 10.1. The summed E-state index contributed by atoms with van der Waals surface area (Å²) in [5.41, 5.74) is 1.79. The Kier molecular flexibility index (Phi) is 9.34. The van der Waals surface area contributed by atoms with Crippen molar-refractivity contribution in [2.75, 3.05) is 5.75 Å². The molecule has 0 bridgehead atoms. The smallest absolute Gasteiger partial charge is 0.242 e. The molecule has 0 aliphatic carbocycles. The quantitative estimate of drug-likeness (QED) is 0.570. The van der Waals surface area contributed by atoms with E-state index in [2.05, 4.69) is 5.32 Å². The van der Waals surface area contributed by atoms with E-state index in [4.69, 9.17) is 23.2 Å². The van der Waals surface area contributed by atoms with Crippen molar-refractivity contribution in [3.63, 3.8) is 0 Å². The number of thioether (sulfide) groups is 1. The summed E-state index contributed by atoms with van der Waals surface area (Å²) in [5.74, 6) is 0.567. The van der Waals surface area contributed by atoms with Crippen molar-refractivity contribution < 1.29 is 9.59 Å². The van der Waals surface area contributed by atoms with Crippen LogP contribution < -0.4 is 5.32 Å². The number of hydrogen-bond acceptors (Lipinski definition) is 3. The van der Waals surface area contributed by atoms with Gasteiger partial charge in [-0.1, -0.05) is 59.6 Å². The van der Waals surface area contributed by atoms with E-state index in [9.17, 15) is 9.59 Å². The first-order valence-corrected chi connectivity index (χ1v) is 11.3. The molecule has 0 saturated carbocycles. The molecule has 0 saturated heterocycles. The van der Waals surface area contributed by atoms with Gasteiger partial charge in [-0.15, -0.1) is 11.8 Å². The van der Waals surface area contributed by atoms with Crippen LogP contribution in [-0.2, 0) is 21.9 Å². The van der Waals surface area contributed by atoms with Gasteiger partial charge in [0.05, 0.1) is 5.75 Å². The van der Waals surface area contributed by atoms with Crippen LogP contribution in [0.2, 0.25) is 10.0 Å². The molecule has 2 rings (SSSR count). The Hall–Kier alpha value is -1.69. The highest BCUT2D eigenvalue weighted by molar-refractivity contribution is 7.99. The number of carbonyl (C=O) groups excluding carboxylic acids is 2. The summed E-state index contributed by atoms with van der Waals surface area (Å²) in [4.78, 5) is 27.1. The lowest BCUT2D eigenvalue weighted by Crippen LogP contribution is -2.49. The zero-order chi connectivity index (χ0) is 21.4. The van der Waals surface area contributed by atoms with Crippen molar-refractivity contribution in [1.82, 2.24) is 10.2 Å². The summed E-state index contributed by atoms with van der Waals surface area (Å²) in [5, 5.41) is 4.14. The van der Waals surface area contributed by atoms with Crippen LogP contribution in [0.15, 0.2) is 48.5 Å². The number of halogens is 2. The first-order valence-electron chi connectivity index (χ1n) is 9.44. The van der Waals surface area contributed by atoms with Gasteiger partial charge in [0.2, 0.25) is 11.8 Å². The largest absolute Gasteiger partial charge is 0.352 e. The second kappa shape index (κ2) is 11.5. The minimum absolute atomic E-state index is 0.00295. The van der Waals surface area contributed by atoms with Crippen LogP contribution in [0, 0.1) is 0 Å². The van der Waals surface area contributed by atoms with Crippen LogP contribution in [0.25, 0.3) is 0 Å². The predicted molar refractivity (Wildman–Crippen MR) is 122 cm³/mol. The lowest BCUT2D eigenvalue weighted by molar-refractivity contribution is -0.138. The third-order valence-corrected chi connectivity index (χ3v) is 6.04. The first-order chi connectivity index (χ1) is 13.8. The van der Waals surface area contributed by atoms with Crippen molar-refractivity contribution in [3.05, 3.63) is 69.7 Å². The minimum atomic E-state index is -0.609. The van der Waals surface area contributed by atoms with Gasteiger partial charge < -0.3 is 10.2 Å². The molecular weight excluding hydrogens is 427 g/mol. The van der Waals surface area contributed by atoms with Crippen LogP contribution in [-0.4, -0.2) is 34.6 Å². The molecular formula is C22H26Cl2N2O2S. The van der Waals surface area contributed by atoms with Gasteiger partial charge in [-0.05, 0) is 44.0 Å². The highest BCUT2D eigenvalue weighted by Gasteiger charge is 2.26. The van der Waals surface area contributed by atoms with Gasteiger partial charge in [0.25, 0.3) is 0 Å². The average molecular weight is 453 g/mol. The molecule has 0 aromatic heterocycles. The van der Waals surface area contributed by atoms with E-state index in [1.54, 1.807) is 17.9 Å². The zero-order valence-corrected chi connectivity index (χ0v) is 19.2. The maximum absolute atomic E-state index is 13.0. The highest BCUT2D eigenvalue weighted by Crippen LogP contribution is 2.23. The Morgan fingerprint density at radius 1 is 0.966 bits per heavy atom. The van der Waals surface area contributed by atoms with Crippen molar-refractivity contribution in [1.29, 1.82) is 0 Å². The Morgan fingerprint density at radius 3 is 2.07 bits per heavy atom. The van der Waals surface area contributed by atoms with Crippen LogP contribution in [0.4, 0.5) is 0 Å². The summed E-state index contributed by atoms with van der Waals surface area (Å²) >= 11 is 14.0. The Balaban J connectivity index is 2.10. The van der Waals surface area contributed by atoms with Crippen molar-refractivity contribution in [2.45, 2.75) is 45.2 Å². The summed E-state index contributed by atoms with van der Waals surface area (Å²) in [6, 6.07) is 14.3. The van der Waals surface area contributed by atoms with Crippen LogP contribution in [0.1, 0.15) is 31.9 Å². The number of amides is 2. The molecule has 29 heavy (non-hydrogen) atoms. The third-order valence-electron chi connectivity index (χ3n) is 4.34. The fourth-order valence-electron chi connectivity index (χ4n) is 2.74. The van der Waals surface area contributed by atoms with Gasteiger partial charge in [0.15, 0.2) is 0 Å². The van der Waals surface area contributed by atoms with E-state index in [1.807, 2.05) is 56.3 Å². The monoisotopic (exact) mass is 452 g/mol. The number of rotatable bonds is 9. The molecule has 1 N–H and O–H groups in total. The third kappa shape index (κ3) is 7.25. The molecule has 0 spiro atoms. The van der Waals surface area contributed by atoms with Gasteiger partial charge in [-0.25, -0.2) is 0 Å². The molecule has 0 fully saturated rings. The van der Waals surface area contributed by atoms with Crippen LogP contribution in [0.3, 0.4) is 0 Å². The van der Waals surface area contributed by atoms with Crippen LogP contribution in [0.5, 0.6) is 0 Å². The number of nitrogens with one attached hydrogen (secondary N) is 1. The zero-order valence-electron chi connectivity index (χ0n) is 16.8. The van der Waals surface area contributed by atoms with E-state index < -0.39 is 6.04 Å². The lowest BCUT2D eigenvalue weighted by Gasteiger charge is -2.29. The van der Waals surface area contributed by atoms with Crippen molar-refractivity contribution >= 4 is 46.8 Å². The maximum atomic E-state index is 13.0. The Bertz CT molecular complexity index is 845. The molecule has 0 unspecified atom stereocenters. The van der Waals surface area contributed by atoms with E-state index in [1.165, 1.54) is 11.8 Å². The number of hydrogen-bond donors (Lipinski definition) is 1. The molecule has 156 valence electrons. The first kappa shape index (κ1) is 23.6. The maximum Gasteiger partial charge on any atom is 0.242 e. The molecule has 0 radical (unpaired) electrons. The van der Waals surface area contributed by atoms with Gasteiger partial charge in [0, 0.05) is 28.4 Å². The number of benzene rings is 2. The molecule has 0 aliphatic heterocycles. The van der Waals surface area contributed by atoms with E-state index in [-0.39, 0.29) is 30.2 Å². The molecule has 2 amide bonds. The molecule has 0 heterocycles. The van der Waals surface area contributed by atoms with E-state index >= 15 is 0 Å². The standard InChI is InChI=1S/C22H26Cl2N2O2S/c1-15(2)25-22(28)16(3)26(12-17-8-4-6-10-19(17)23)21(27)14-29-13-18-9-5-7-11-20(18)24/h4-11,15-16H,12-14H2,1-3H3,(H,25,28)/t16-/m0/s1. The fourth-order valence-corrected chi connectivity index (χ4v) is 4.14. The summed E-state index contributed by atoms with van der Waals surface area (Å²) < 4.78 is 0. The fraction of sp³-hybridized carbons (Fsp3) is 0.364. The number of nitrogens with zero attached hydrogens (tertiary/aromatic N) is 1. The summed E-state index contributed by atoms with van der Waals surface area (Å²) in [6.45, 7) is 5.80. The average Bonchev–Trinajstić information content (AvgIpc) is 2.67. The molecule has 4 nitrogen and oxygen atoms in total. The van der Waals surface area contributed by atoms with Crippen molar-refractivity contribution in [3.8, 4) is 0 Å². The minimum Gasteiger partial charge on any atom is -0.352 e. The summed E-state index contributed by atoms with van der Waals surface area (Å²) in [6.07, 6.45) is 0. The van der Waals surface area contributed by atoms with E-state index in [0.717, 1.165) is 11.1 Å². The normalized spacial score (nSPS) is 11.9. The highest BCUT2D eigenvalue weighted by atomic mass is 35.5. The SMILES string of the molecule is CC(C)NC(=O)[C@H](C)N(Cc1ccccc1Cl)C(=O)CSCc1ccccc1Cl. The van der Waals surface area contributed by atoms with Gasteiger partial charge in [0.1, 0.15) is 6.04 Å². The molecule has 7 heteroatoms. The second-order valence-electron chi connectivity index (χ2n) is 7.04. The Labute approximate surface area is 187 Å². The predicted octanol–water partition coefficient (Wildman–Crippen LogP) is 5.17. The molecule has 0 aliphatic rings. The second-order valence-corrected chi connectivity index (χ2v) is 8.84. The summed E-state index contributed by atoms with van der Waals surface area (Å²) in [7, 11) is 0. The molecule has 2 aromatic carbocycles. The molecule has 2 aromatic rings. The van der Waals surface area contributed by atoms with Gasteiger partial charge in [-0.3, -0.25) is 9.59 Å². The van der Waals surface area contributed by atoms with Gasteiger partial charge in [-0.2, -0.15) is 0 Å². The number of carbonyl (C=O) groups is 2. The van der Waals surface area contributed by atoms with Crippen molar-refractivity contribution in [2.24, 2.45) is 0 Å². The van der Waals surface area contributed by atoms with Crippen LogP contribution >= 0.6 is 35.0 Å². The Morgan fingerprint density at radius 2 is 1.52 bits per heavy atom. The van der Waals surface area contributed by atoms with Gasteiger partial charge >= 0.3 is 0 Å².